The number of amides is 1. The molecule has 8 nitrogen and oxygen atoms in total. The highest BCUT2D eigenvalue weighted by molar-refractivity contribution is 7.89. The predicted octanol–water partition coefficient (Wildman–Crippen LogP) is 0.0412. The van der Waals surface area contributed by atoms with Crippen LogP contribution in [-0.4, -0.2) is 49.8 Å². The molecule has 0 saturated heterocycles. The number of hydrogen-bond acceptors (Lipinski definition) is 5. The van der Waals surface area contributed by atoms with E-state index in [9.17, 15) is 18.0 Å². The van der Waals surface area contributed by atoms with E-state index in [-0.39, 0.29) is 16.4 Å². The minimum atomic E-state index is -3.72. The maximum absolute atomic E-state index is 12.0. The third kappa shape index (κ3) is 3.17. The van der Waals surface area contributed by atoms with Gasteiger partial charge in [-0.25, -0.2) is 12.7 Å². The Morgan fingerprint density at radius 2 is 1.95 bits per heavy atom. The van der Waals surface area contributed by atoms with E-state index >= 15 is 0 Å². The van der Waals surface area contributed by atoms with Gasteiger partial charge in [0.05, 0.1) is 0 Å². The summed E-state index contributed by atoms with van der Waals surface area (Å²) in [7, 11) is -1.01. The summed E-state index contributed by atoms with van der Waals surface area (Å²) in [6.07, 6.45) is 0. The lowest BCUT2D eigenvalue weighted by atomic mass is 10.3. The summed E-state index contributed by atoms with van der Waals surface area (Å²) in [4.78, 5) is 22.3. The molecule has 0 saturated carbocycles. The molecule has 0 bridgehead atoms. The van der Waals surface area contributed by atoms with Crippen LogP contribution in [0.3, 0.4) is 0 Å². The molecule has 112 valence electrons. The van der Waals surface area contributed by atoms with E-state index in [2.05, 4.69) is 5.32 Å². The summed E-state index contributed by atoms with van der Waals surface area (Å²) < 4.78 is 30.0. The second-order valence-electron chi connectivity index (χ2n) is 4.35. The van der Waals surface area contributed by atoms with Crippen molar-refractivity contribution in [3.05, 3.63) is 17.6 Å². The van der Waals surface area contributed by atoms with E-state index in [1.54, 1.807) is 0 Å². The summed E-state index contributed by atoms with van der Waals surface area (Å²) in [6.45, 7) is 2.70. The van der Waals surface area contributed by atoms with Crippen LogP contribution in [0.1, 0.15) is 23.2 Å². The monoisotopic (exact) mass is 304 g/mol. The standard InChI is InChI=1S/C11H16N2O6S/c1-6(11(15)16)12-10(14)8-5-9(7(2)19-8)20(17,18)13(3)4/h5-6H,1-4H3,(H,12,14)(H,15,16)/t6-/m0/s1. The van der Waals surface area contributed by atoms with Crippen LogP contribution in [0.2, 0.25) is 0 Å². The summed E-state index contributed by atoms with van der Waals surface area (Å²) >= 11 is 0. The first kappa shape index (κ1) is 16.2. The molecule has 0 aromatic carbocycles. The number of carbonyl (C=O) groups excluding carboxylic acids is 1. The molecule has 0 fully saturated rings. The molecule has 1 rings (SSSR count). The van der Waals surface area contributed by atoms with Crippen LogP contribution in [0.4, 0.5) is 0 Å². The molecular weight excluding hydrogens is 288 g/mol. The number of nitrogens with zero attached hydrogens (tertiary/aromatic N) is 1. The Morgan fingerprint density at radius 1 is 1.40 bits per heavy atom. The molecule has 1 aromatic heterocycles. The van der Waals surface area contributed by atoms with Crippen LogP contribution in [0.5, 0.6) is 0 Å². The average Bonchev–Trinajstić information content (AvgIpc) is 2.71. The second kappa shape index (κ2) is 5.63. The number of furan rings is 1. The number of rotatable bonds is 5. The zero-order chi connectivity index (χ0) is 15.7. The largest absolute Gasteiger partial charge is 0.480 e. The maximum atomic E-state index is 12.0. The van der Waals surface area contributed by atoms with Crippen LogP contribution >= 0.6 is 0 Å². The van der Waals surface area contributed by atoms with E-state index < -0.39 is 27.9 Å². The van der Waals surface area contributed by atoms with Crippen LogP contribution in [0.25, 0.3) is 0 Å². The molecule has 2 N–H and O–H groups in total. The number of aliphatic carboxylic acids is 1. The highest BCUT2D eigenvalue weighted by atomic mass is 32.2. The van der Waals surface area contributed by atoms with Gasteiger partial charge in [-0.3, -0.25) is 9.59 Å². The fourth-order valence-electron chi connectivity index (χ4n) is 1.36. The van der Waals surface area contributed by atoms with Gasteiger partial charge in [0.25, 0.3) is 5.91 Å². The van der Waals surface area contributed by atoms with Crippen molar-refractivity contribution in [2.45, 2.75) is 24.8 Å². The van der Waals surface area contributed by atoms with Crippen molar-refractivity contribution in [2.24, 2.45) is 0 Å². The van der Waals surface area contributed by atoms with Gasteiger partial charge in [0, 0.05) is 20.2 Å². The third-order valence-electron chi connectivity index (χ3n) is 2.57. The quantitative estimate of drug-likeness (QED) is 0.793. The van der Waals surface area contributed by atoms with E-state index in [0.717, 1.165) is 10.4 Å². The number of sulfonamides is 1. The normalized spacial score (nSPS) is 13.2. The van der Waals surface area contributed by atoms with Gasteiger partial charge in [0.1, 0.15) is 16.7 Å². The van der Waals surface area contributed by atoms with Crippen LogP contribution in [0.15, 0.2) is 15.4 Å². The van der Waals surface area contributed by atoms with E-state index in [1.807, 2.05) is 0 Å². The summed E-state index contributed by atoms with van der Waals surface area (Å²) in [5.41, 5.74) is 0. The third-order valence-corrected chi connectivity index (χ3v) is 4.50. The van der Waals surface area contributed by atoms with Gasteiger partial charge in [-0.15, -0.1) is 0 Å². The highest BCUT2D eigenvalue weighted by Crippen LogP contribution is 2.22. The number of aryl methyl sites for hydroxylation is 1. The first-order valence-electron chi connectivity index (χ1n) is 5.64. The number of nitrogens with one attached hydrogen (secondary N) is 1. The van der Waals surface area contributed by atoms with Gasteiger partial charge < -0.3 is 14.8 Å². The minimum Gasteiger partial charge on any atom is -0.480 e. The van der Waals surface area contributed by atoms with E-state index in [0.29, 0.717) is 0 Å². The molecule has 0 spiro atoms. The predicted molar refractivity (Wildman–Crippen MR) is 68.9 cm³/mol. The van der Waals surface area contributed by atoms with Crippen molar-refractivity contribution in [1.29, 1.82) is 0 Å². The Kier molecular flexibility index (Phi) is 4.56. The van der Waals surface area contributed by atoms with Crippen molar-refractivity contribution in [3.63, 3.8) is 0 Å². The molecule has 1 aromatic rings. The molecule has 1 amide bonds. The van der Waals surface area contributed by atoms with Crippen molar-refractivity contribution in [1.82, 2.24) is 9.62 Å². The molecule has 1 atom stereocenters. The van der Waals surface area contributed by atoms with Gasteiger partial charge in [-0.1, -0.05) is 0 Å². The lowest BCUT2D eigenvalue weighted by Gasteiger charge is -2.09. The Bertz CT molecular complexity index is 631. The number of hydrogen-bond donors (Lipinski definition) is 2. The molecule has 0 radical (unpaired) electrons. The van der Waals surface area contributed by atoms with Crippen LogP contribution in [0, 0.1) is 6.92 Å². The molecule has 0 unspecified atom stereocenters. The van der Waals surface area contributed by atoms with Crippen LogP contribution < -0.4 is 5.32 Å². The maximum Gasteiger partial charge on any atom is 0.325 e. The van der Waals surface area contributed by atoms with E-state index in [1.165, 1.54) is 27.9 Å². The molecule has 0 aliphatic heterocycles. The number of carboxylic acids is 1. The van der Waals surface area contributed by atoms with Gasteiger partial charge in [-0.2, -0.15) is 0 Å². The van der Waals surface area contributed by atoms with Gasteiger partial charge in [0.2, 0.25) is 10.0 Å². The zero-order valence-corrected chi connectivity index (χ0v) is 12.3. The number of carboxylic acid groups (broad SMARTS) is 1. The Labute approximate surface area is 116 Å². The molecule has 0 aliphatic rings. The molecule has 20 heavy (non-hydrogen) atoms. The minimum absolute atomic E-state index is 0.0619. The lowest BCUT2D eigenvalue weighted by Crippen LogP contribution is -2.38. The van der Waals surface area contributed by atoms with Crippen molar-refractivity contribution >= 4 is 21.9 Å². The molecule has 9 heteroatoms. The molecule has 0 aliphatic carbocycles. The van der Waals surface area contributed by atoms with Crippen molar-refractivity contribution in [2.75, 3.05) is 14.1 Å². The Hall–Kier alpha value is -1.87. The second-order valence-corrected chi connectivity index (χ2v) is 6.47. The van der Waals surface area contributed by atoms with Crippen molar-refractivity contribution in [3.8, 4) is 0 Å². The first-order chi connectivity index (χ1) is 9.07. The number of carbonyl (C=O) groups is 2. The summed E-state index contributed by atoms with van der Waals surface area (Å²) in [6, 6.07) is -0.0315. The fourth-order valence-corrected chi connectivity index (χ4v) is 2.41. The molecular formula is C11H16N2O6S. The van der Waals surface area contributed by atoms with Crippen molar-refractivity contribution < 1.29 is 27.5 Å². The van der Waals surface area contributed by atoms with Gasteiger partial charge in [0.15, 0.2) is 5.76 Å². The molecule has 1 heterocycles. The topological polar surface area (TPSA) is 117 Å². The summed E-state index contributed by atoms with van der Waals surface area (Å²) in [5, 5.41) is 10.9. The SMILES string of the molecule is Cc1oc(C(=O)N[C@@H](C)C(=O)O)cc1S(=O)(=O)N(C)C. The highest BCUT2D eigenvalue weighted by Gasteiger charge is 2.26. The van der Waals surface area contributed by atoms with Gasteiger partial charge >= 0.3 is 5.97 Å². The average molecular weight is 304 g/mol. The first-order valence-corrected chi connectivity index (χ1v) is 7.08. The van der Waals surface area contributed by atoms with E-state index in [4.69, 9.17) is 9.52 Å². The Morgan fingerprint density at radius 3 is 2.40 bits per heavy atom. The Balaban J connectivity index is 3.08. The fraction of sp³-hybridized carbons (Fsp3) is 0.455. The smallest absolute Gasteiger partial charge is 0.325 e. The van der Waals surface area contributed by atoms with Crippen LogP contribution in [-0.2, 0) is 14.8 Å². The summed E-state index contributed by atoms with van der Waals surface area (Å²) in [5.74, 6) is -2.19. The van der Waals surface area contributed by atoms with Gasteiger partial charge in [-0.05, 0) is 13.8 Å². The lowest BCUT2D eigenvalue weighted by molar-refractivity contribution is -0.138. The zero-order valence-electron chi connectivity index (χ0n) is 11.5.